The molecule has 6 nitrogen and oxygen atoms in total. The van der Waals surface area contributed by atoms with Gasteiger partial charge in [-0.15, -0.1) is 11.3 Å². The second-order valence-corrected chi connectivity index (χ2v) is 10.6. The lowest BCUT2D eigenvalue weighted by atomic mass is 9.88. The number of carbonyl (C=O) groups excluding carboxylic acids is 2. The number of amides is 1. The second kappa shape index (κ2) is 11.2. The molecule has 0 radical (unpaired) electrons. The zero-order valence-electron chi connectivity index (χ0n) is 19.7. The van der Waals surface area contributed by atoms with E-state index in [1.807, 2.05) is 0 Å². The number of thiophene rings is 1. The molecule has 0 saturated carbocycles. The fraction of sp³-hybridized carbons (Fsp3) is 0.520. The van der Waals surface area contributed by atoms with E-state index in [-0.39, 0.29) is 24.2 Å². The van der Waals surface area contributed by atoms with Crippen LogP contribution in [0.15, 0.2) is 18.2 Å². The van der Waals surface area contributed by atoms with Crippen LogP contribution in [0, 0.1) is 11.7 Å². The first-order chi connectivity index (χ1) is 16.3. The average molecular weight is 508 g/mol. The number of carbonyl (C=O) groups is 2. The summed E-state index contributed by atoms with van der Waals surface area (Å²) in [5, 5.41) is 4.06. The number of hydrogen-bond donors (Lipinski definition) is 1. The third-order valence-electron chi connectivity index (χ3n) is 6.49. The molecule has 2 aliphatic rings. The minimum Gasteiger partial charge on any atom is -0.462 e. The summed E-state index contributed by atoms with van der Waals surface area (Å²) in [4.78, 5) is 31.1. The van der Waals surface area contributed by atoms with Crippen LogP contribution in [0.3, 0.4) is 0 Å². The number of hydrogen-bond acceptors (Lipinski definition) is 6. The van der Waals surface area contributed by atoms with Crippen molar-refractivity contribution in [2.75, 3.05) is 44.6 Å². The van der Waals surface area contributed by atoms with Gasteiger partial charge in [0.25, 0.3) is 0 Å². The van der Waals surface area contributed by atoms with E-state index in [1.165, 1.54) is 28.3 Å². The summed E-state index contributed by atoms with van der Waals surface area (Å²) in [5.74, 6) is -0.229. The first-order valence-electron chi connectivity index (χ1n) is 11.8. The van der Waals surface area contributed by atoms with Crippen LogP contribution in [0.4, 0.5) is 9.39 Å². The van der Waals surface area contributed by atoms with Gasteiger partial charge in [0.1, 0.15) is 10.8 Å². The SMILES string of the molecule is CCOC(=O)c1c(NC(=O)CN2CCN(Cc3ccc(F)cc3Cl)CC2)sc2c1CCC(C)C2. The Morgan fingerprint density at radius 2 is 1.97 bits per heavy atom. The molecular formula is C25H31ClFN3O3S. The highest BCUT2D eigenvalue weighted by Gasteiger charge is 2.29. The van der Waals surface area contributed by atoms with Crippen LogP contribution in [0.2, 0.25) is 5.02 Å². The summed E-state index contributed by atoms with van der Waals surface area (Å²) in [6, 6.07) is 4.49. The van der Waals surface area contributed by atoms with Crippen LogP contribution in [0.1, 0.15) is 46.6 Å². The molecule has 1 aromatic heterocycles. The van der Waals surface area contributed by atoms with Crippen molar-refractivity contribution in [2.45, 2.75) is 39.7 Å². The van der Waals surface area contributed by atoms with Gasteiger partial charge >= 0.3 is 5.97 Å². The molecule has 1 aromatic carbocycles. The van der Waals surface area contributed by atoms with Gasteiger partial charge in [-0.25, -0.2) is 9.18 Å². The van der Waals surface area contributed by atoms with E-state index in [9.17, 15) is 14.0 Å². The standard InChI is InChI=1S/C25H31ClFN3O3S/c1-3-33-25(32)23-19-7-4-16(2)12-21(19)34-24(23)28-22(31)15-30-10-8-29(9-11-30)14-17-5-6-18(27)13-20(17)26/h5-6,13,16H,3-4,7-12,14-15H2,1-2H3,(H,28,31). The van der Waals surface area contributed by atoms with Crippen molar-refractivity contribution in [3.05, 3.63) is 50.6 Å². The summed E-state index contributed by atoms with van der Waals surface area (Å²) < 4.78 is 18.6. The number of rotatable bonds is 7. The van der Waals surface area contributed by atoms with Gasteiger partial charge in [-0.2, -0.15) is 0 Å². The number of esters is 1. The van der Waals surface area contributed by atoms with E-state index in [1.54, 1.807) is 13.0 Å². The van der Waals surface area contributed by atoms with Crippen molar-refractivity contribution < 1.29 is 18.7 Å². The van der Waals surface area contributed by atoms with Crippen LogP contribution in [0.25, 0.3) is 0 Å². The first-order valence-corrected chi connectivity index (χ1v) is 13.0. The van der Waals surface area contributed by atoms with Crippen molar-refractivity contribution >= 4 is 39.8 Å². The molecule has 9 heteroatoms. The summed E-state index contributed by atoms with van der Waals surface area (Å²) in [6.45, 7) is 8.31. The third-order valence-corrected chi connectivity index (χ3v) is 8.01. The molecule has 4 rings (SSSR count). The van der Waals surface area contributed by atoms with E-state index in [2.05, 4.69) is 22.0 Å². The van der Waals surface area contributed by atoms with Gasteiger partial charge in [-0.1, -0.05) is 24.6 Å². The monoisotopic (exact) mass is 507 g/mol. The smallest absolute Gasteiger partial charge is 0.341 e. The Morgan fingerprint density at radius 1 is 1.24 bits per heavy atom. The fourth-order valence-electron chi connectivity index (χ4n) is 4.62. The maximum Gasteiger partial charge on any atom is 0.341 e. The zero-order valence-corrected chi connectivity index (χ0v) is 21.2. The van der Waals surface area contributed by atoms with Crippen molar-refractivity contribution in [1.29, 1.82) is 0 Å². The zero-order chi connectivity index (χ0) is 24.2. The van der Waals surface area contributed by atoms with E-state index in [0.29, 0.717) is 34.7 Å². The number of benzene rings is 1. The number of fused-ring (bicyclic) bond motifs is 1. The van der Waals surface area contributed by atoms with Gasteiger partial charge < -0.3 is 10.1 Å². The molecule has 1 saturated heterocycles. The van der Waals surface area contributed by atoms with Gasteiger partial charge in [-0.05, 0) is 55.4 Å². The van der Waals surface area contributed by atoms with Crippen molar-refractivity contribution in [3.8, 4) is 0 Å². The summed E-state index contributed by atoms with van der Waals surface area (Å²) >= 11 is 7.68. The lowest BCUT2D eigenvalue weighted by Crippen LogP contribution is -2.48. The predicted octanol–water partition coefficient (Wildman–Crippen LogP) is 4.60. The molecule has 1 amide bonds. The van der Waals surface area contributed by atoms with Crippen LogP contribution < -0.4 is 5.32 Å². The topological polar surface area (TPSA) is 61.9 Å². The van der Waals surface area contributed by atoms with Gasteiger partial charge in [0.15, 0.2) is 0 Å². The number of halogens is 2. The van der Waals surface area contributed by atoms with Gasteiger partial charge in [0.05, 0.1) is 18.7 Å². The predicted molar refractivity (Wildman–Crippen MR) is 133 cm³/mol. The Hall–Kier alpha value is -2.00. The van der Waals surface area contributed by atoms with Crippen molar-refractivity contribution in [3.63, 3.8) is 0 Å². The molecule has 2 aromatic rings. The largest absolute Gasteiger partial charge is 0.462 e. The van der Waals surface area contributed by atoms with E-state index >= 15 is 0 Å². The molecule has 1 aliphatic carbocycles. The number of nitrogens with one attached hydrogen (secondary N) is 1. The minimum atomic E-state index is -0.349. The van der Waals surface area contributed by atoms with Crippen LogP contribution >= 0.6 is 22.9 Å². The molecule has 1 aliphatic heterocycles. The summed E-state index contributed by atoms with van der Waals surface area (Å²) in [7, 11) is 0. The summed E-state index contributed by atoms with van der Waals surface area (Å²) in [6.07, 6.45) is 2.82. The molecule has 1 N–H and O–H groups in total. The quantitative estimate of drug-likeness (QED) is 0.555. The van der Waals surface area contributed by atoms with Gasteiger partial charge in [0, 0.05) is 42.6 Å². The fourth-order valence-corrected chi connectivity index (χ4v) is 6.27. The average Bonchev–Trinajstić information content (AvgIpc) is 3.13. The maximum atomic E-state index is 13.3. The highest BCUT2D eigenvalue weighted by Crippen LogP contribution is 2.40. The van der Waals surface area contributed by atoms with Crippen molar-refractivity contribution in [1.82, 2.24) is 9.80 Å². The van der Waals surface area contributed by atoms with Crippen LogP contribution in [0.5, 0.6) is 0 Å². The number of ether oxygens (including phenoxy) is 1. The Balaban J connectivity index is 1.34. The highest BCUT2D eigenvalue weighted by atomic mass is 35.5. The normalized spacial score (nSPS) is 19.0. The minimum absolute atomic E-state index is 0.118. The number of nitrogens with zero attached hydrogens (tertiary/aromatic N) is 2. The van der Waals surface area contributed by atoms with Crippen LogP contribution in [-0.2, 0) is 28.9 Å². The molecule has 1 unspecified atom stereocenters. The molecular weight excluding hydrogens is 477 g/mol. The van der Waals surface area contributed by atoms with E-state index in [4.69, 9.17) is 16.3 Å². The molecule has 0 spiro atoms. The maximum absolute atomic E-state index is 13.3. The highest BCUT2D eigenvalue weighted by molar-refractivity contribution is 7.17. The molecule has 34 heavy (non-hydrogen) atoms. The Labute approximate surface area is 209 Å². The first kappa shape index (κ1) is 25.1. The number of anilines is 1. The van der Waals surface area contributed by atoms with Gasteiger partial charge in [0.2, 0.25) is 5.91 Å². The number of piperazine rings is 1. The molecule has 0 bridgehead atoms. The lowest BCUT2D eigenvalue weighted by Gasteiger charge is -2.34. The van der Waals surface area contributed by atoms with Crippen molar-refractivity contribution in [2.24, 2.45) is 5.92 Å². The molecule has 184 valence electrons. The van der Waals surface area contributed by atoms with Crippen LogP contribution in [-0.4, -0.2) is 61.0 Å². The Morgan fingerprint density at radius 3 is 2.68 bits per heavy atom. The summed E-state index contributed by atoms with van der Waals surface area (Å²) in [5.41, 5.74) is 2.49. The lowest BCUT2D eigenvalue weighted by molar-refractivity contribution is -0.117. The molecule has 2 heterocycles. The molecule has 1 atom stereocenters. The Bertz CT molecular complexity index is 1050. The van der Waals surface area contributed by atoms with Gasteiger partial charge in [-0.3, -0.25) is 14.6 Å². The Kier molecular flexibility index (Phi) is 8.24. The third kappa shape index (κ3) is 5.97. The molecule has 1 fully saturated rings. The van der Waals surface area contributed by atoms with E-state index < -0.39 is 0 Å². The second-order valence-electron chi connectivity index (χ2n) is 9.11. The van der Waals surface area contributed by atoms with E-state index in [0.717, 1.165) is 56.6 Å².